The van der Waals surface area contributed by atoms with Gasteiger partial charge in [0.15, 0.2) is 0 Å². The summed E-state index contributed by atoms with van der Waals surface area (Å²) in [5.74, 6) is -3.10. The summed E-state index contributed by atoms with van der Waals surface area (Å²) in [6.07, 6.45) is 4.27. The number of fused-ring (bicyclic) bond motifs is 1. The summed E-state index contributed by atoms with van der Waals surface area (Å²) in [5.41, 5.74) is 3.54. The molecule has 1 aromatic heterocycles. The molecule has 3 rings (SSSR count). The van der Waals surface area contributed by atoms with Gasteiger partial charge in [-0.25, -0.2) is 19.2 Å². The van der Waals surface area contributed by atoms with Crippen LogP contribution < -0.4 is 16.2 Å². The SMILES string of the molecule is CC(F)(C(=O)NNC(=O)c1cnc(NC2Cc3ccccc3C2)nc1)C(=O)OCI. The molecule has 1 atom stereocenters. The number of halogens is 2. The van der Waals surface area contributed by atoms with Crippen molar-refractivity contribution >= 4 is 46.3 Å². The van der Waals surface area contributed by atoms with E-state index in [0.29, 0.717) is 5.95 Å². The maximum Gasteiger partial charge on any atom is 0.354 e. The molecule has 3 N–H and O–H groups in total. The highest BCUT2D eigenvalue weighted by molar-refractivity contribution is 14.1. The predicted molar refractivity (Wildman–Crippen MR) is 113 cm³/mol. The number of hydrogen-bond acceptors (Lipinski definition) is 7. The maximum atomic E-state index is 14.2. The van der Waals surface area contributed by atoms with Crippen LogP contribution in [-0.4, -0.2) is 44.1 Å². The third kappa shape index (κ3) is 5.01. The van der Waals surface area contributed by atoms with Gasteiger partial charge in [0.05, 0.1) is 5.56 Å². The summed E-state index contributed by atoms with van der Waals surface area (Å²) in [5, 5.41) is 3.22. The maximum absolute atomic E-state index is 14.2. The molecular weight excluding hydrogens is 508 g/mol. The van der Waals surface area contributed by atoms with Crippen molar-refractivity contribution in [1.82, 2.24) is 20.8 Å². The first-order valence-electron chi connectivity index (χ1n) is 8.99. The molecule has 1 aliphatic carbocycles. The quantitative estimate of drug-likeness (QED) is 0.171. The lowest BCUT2D eigenvalue weighted by atomic mass is 10.1. The van der Waals surface area contributed by atoms with Gasteiger partial charge >= 0.3 is 5.97 Å². The lowest BCUT2D eigenvalue weighted by molar-refractivity contribution is -0.160. The topological polar surface area (TPSA) is 122 Å². The molecule has 1 aromatic carbocycles. The third-order valence-electron chi connectivity index (χ3n) is 4.58. The van der Waals surface area contributed by atoms with E-state index in [0.717, 1.165) is 19.8 Å². The summed E-state index contributed by atoms with van der Waals surface area (Å²) in [6, 6.07) is 8.34. The Kier molecular flexibility index (Phi) is 6.80. The van der Waals surface area contributed by atoms with Crippen molar-refractivity contribution in [2.24, 2.45) is 0 Å². The molecule has 9 nitrogen and oxygen atoms in total. The minimum absolute atomic E-state index is 0.0472. The van der Waals surface area contributed by atoms with Crippen LogP contribution >= 0.6 is 22.6 Å². The smallest absolute Gasteiger partial charge is 0.354 e. The second-order valence-electron chi connectivity index (χ2n) is 6.77. The first-order chi connectivity index (χ1) is 14.3. The second kappa shape index (κ2) is 9.32. The van der Waals surface area contributed by atoms with Gasteiger partial charge in [-0.15, -0.1) is 0 Å². The van der Waals surface area contributed by atoms with Crippen LogP contribution in [0.5, 0.6) is 0 Å². The number of anilines is 1. The van der Waals surface area contributed by atoms with Crippen LogP contribution in [0.4, 0.5) is 10.3 Å². The van der Waals surface area contributed by atoms with Crippen molar-refractivity contribution < 1.29 is 23.5 Å². The largest absolute Gasteiger partial charge is 0.452 e. The number of benzene rings is 1. The summed E-state index contributed by atoms with van der Waals surface area (Å²) in [7, 11) is 0. The van der Waals surface area contributed by atoms with Gasteiger partial charge in [-0.1, -0.05) is 24.3 Å². The lowest BCUT2D eigenvalue weighted by Gasteiger charge is -2.17. The van der Waals surface area contributed by atoms with Crippen molar-refractivity contribution in [1.29, 1.82) is 0 Å². The van der Waals surface area contributed by atoms with E-state index in [1.807, 2.05) is 23.0 Å². The number of hydrazine groups is 1. The molecule has 2 aromatic rings. The Labute approximate surface area is 185 Å². The number of amides is 2. The Hall–Kier alpha value is -2.83. The Bertz CT molecular complexity index is 929. The fourth-order valence-electron chi connectivity index (χ4n) is 2.94. The van der Waals surface area contributed by atoms with Crippen LogP contribution in [0.15, 0.2) is 36.7 Å². The normalized spacial score (nSPS) is 14.9. The molecule has 0 saturated heterocycles. The van der Waals surface area contributed by atoms with E-state index in [1.165, 1.54) is 23.5 Å². The number of esters is 1. The minimum Gasteiger partial charge on any atom is -0.452 e. The van der Waals surface area contributed by atoms with E-state index in [1.54, 1.807) is 22.6 Å². The number of ether oxygens (including phenoxy) is 1. The highest BCUT2D eigenvalue weighted by Crippen LogP contribution is 2.23. The van der Waals surface area contributed by atoms with Crippen molar-refractivity contribution in [2.45, 2.75) is 31.5 Å². The molecule has 0 radical (unpaired) electrons. The Balaban J connectivity index is 1.52. The van der Waals surface area contributed by atoms with Gasteiger partial charge in [0, 0.05) is 18.4 Å². The fraction of sp³-hybridized carbons (Fsp3) is 0.316. The van der Waals surface area contributed by atoms with Crippen LogP contribution in [0, 0.1) is 0 Å². The number of alkyl halides is 2. The Morgan fingerprint density at radius 2 is 1.77 bits per heavy atom. The molecule has 0 aliphatic heterocycles. The average molecular weight is 527 g/mol. The molecule has 0 fully saturated rings. The standard InChI is InChI=1S/C19H19FIN5O4/c1-19(20,17(29)30-10-21)16(28)26-25-15(27)13-8-22-18(23-9-13)24-14-6-11-4-2-3-5-12(11)7-14/h2-5,8-9,14H,6-7,10H2,1H3,(H,25,27)(H,26,28)(H,22,23,24). The summed E-state index contributed by atoms with van der Waals surface area (Å²) in [4.78, 5) is 43.6. The summed E-state index contributed by atoms with van der Waals surface area (Å²) >= 11 is 1.69. The average Bonchev–Trinajstić information content (AvgIpc) is 3.14. The number of carbonyl (C=O) groups is 3. The number of rotatable bonds is 6. The molecule has 11 heteroatoms. The van der Waals surface area contributed by atoms with E-state index in [9.17, 15) is 18.8 Å². The zero-order valence-corrected chi connectivity index (χ0v) is 18.1. The highest BCUT2D eigenvalue weighted by atomic mass is 127. The third-order valence-corrected chi connectivity index (χ3v) is 4.89. The number of aromatic nitrogens is 2. The zero-order chi connectivity index (χ0) is 21.7. The van der Waals surface area contributed by atoms with Crippen molar-refractivity contribution in [2.75, 3.05) is 9.93 Å². The first-order valence-corrected chi connectivity index (χ1v) is 10.5. The highest BCUT2D eigenvalue weighted by Gasteiger charge is 2.43. The molecule has 0 spiro atoms. The monoisotopic (exact) mass is 527 g/mol. The number of nitrogens with zero attached hydrogens (tertiary/aromatic N) is 2. The molecule has 2 amide bonds. The van der Waals surface area contributed by atoms with Crippen molar-refractivity contribution in [3.8, 4) is 0 Å². The number of nitrogens with one attached hydrogen (secondary N) is 3. The van der Waals surface area contributed by atoms with Crippen LogP contribution in [0.3, 0.4) is 0 Å². The van der Waals surface area contributed by atoms with E-state index in [-0.39, 0.29) is 16.2 Å². The number of carbonyl (C=O) groups excluding carboxylic acids is 3. The van der Waals surface area contributed by atoms with Crippen molar-refractivity contribution in [3.63, 3.8) is 0 Å². The van der Waals surface area contributed by atoms with E-state index < -0.39 is 23.5 Å². The fourth-order valence-corrected chi connectivity index (χ4v) is 3.23. The molecular formula is C19H19FIN5O4. The van der Waals surface area contributed by atoms with Crippen molar-refractivity contribution in [3.05, 3.63) is 53.3 Å². The summed E-state index contributed by atoms with van der Waals surface area (Å²) < 4.78 is 18.6. The first kappa shape index (κ1) is 21.9. The van der Waals surface area contributed by atoms with Crippen LogP contribution in [0.1, 0.15) is 28.4 Å². The van der Waals surface area contributed by atoms with Gasteiger partial charge in [-0.2, -0.15) is 0 Å². The molecule has 0 bridgehead atoms. The Morgan fingerprint density at radius 3 is 2.33 bits per heavy atom. The zero-order valence-electron chi connectivity index (χ0n) is 15.9. The van der Waals surface area contributed by atoms with Gasteiger partial charge in [0.1, 0.15) is 4.61 Å². The second-order valence-corrected chi connectivity index (χ2v) is 7.39. The van der Waals surface area contributed by atoms with Gasteiger partial charge in [0.25, 0.3) is 17.5 Å². The molecule has 1 unspecified atom stereocenters. The molecule has 0 saturated carbocycles. The van der Waals surface area contributed by atoms with Crippen LogP contribution in [0.25, 0.3) is 0 Å². The van der Waals surface area contributed by atoms with Gasteiger partial charge in [-0.05, 0) is 53.5 Å². The van der Waals surface area contributed by atoms with Crippen LogP contribution in [0.2, 0.25) is 0 Å². The molecule has 1 heterocycles. The van der Waals surface area contributed by atoms with Gasteiger partial charge < -0.3 is 10.1 Å². The number of hydrogen-bond donors (Lipinski definition) is 3. The van der Waals surface area contributed by atoms with E-state index >= 15 is 0 Å². The van der Waals surface area contributed by atoms with E-state index in [4.69, 9.17) is 0 Å². The van der Waals surface area contributed by atoms with Gasteiger partial charge in [-0.3, -0.25) is 20.4 Å². The molecule has 1 aliphatic rings. The summed E-state index contributed by atoms with van der Waals surface area (Å²) in [6.45, 7) is 0.744. The van der Waals surface area contributed by atoms with Crippen LogP contribution in [-0.2, 0) is 27.2 Å². The Morgan fingerprint density at radius 1 is 1.17 bits per heavy atom. The minimum atomic E-state index is -2.94. The molecule has 158 valence electrons. The predicted octanol–water partition coefficient (Wildman–Crippen LogP) is 1.48. The van der Waals surface area contributed by atoms with Gasteiger partial charge in [0.2, 0.25) is 5.95 Å². The van der Waals surface area contributed by atoms with E-state index in [2.05, 4.69) is 32.2 Å². The molecule has 30 heavy (non-hydrogen) atoms. The lowest BCUT2D eigenvalue weighted by Crippen LogP contribution is -2.53.